The molecule has 11 heteroatoms. The first-order valence-corrected chi connectivity index (χ1v) is 12.2. The molecule has 8 nitrogen and oxygen atoms in total. The monoisotopic (exact) mass is 524 g/mol. The number of hydrogen-bond donors (Lipinski definition) is 2. The Labute approximate surface area is 217 Å². The van der Waals surface area contributed by atoms with Gasteiger partial charge in [-0.15, -0.1) is 0 Å². The largest absolute Gasteiger partial charge is 0.490 e. The molecule has 0 aliphatic carbocycles. The number of nitrogens with zero attached hydrogens (tertiary/aromatic N) is 4. The highest BCUT2D eigenvalue weighted by Gasteiger charge is 2.35. The van der Waals surface area contributed by atoms with Crippen LogP contribution in [0, 0.1) is 0 Å². The van der Waals surface area contributed by atoms with Crippen LogP contribution in [0.2, 0.25) is 0 Å². The second-order valence-corrected chi connectivity index (χ2v) is 9.37. The van der Waals surface area contributed by atoms with Gasteiger partial charge in [-0.1, -0.05) is 12.1 Å². The predicted octanol–water partition coefficient (Wildman–Crippen LogP) is 5.77. The number of fused-ring (bicyclic) bond motifs is 1. The lowest BCUT2D eigenvalue weighted by Gasteiger charge is -2.30. The summed E-state index contributed by atoms with van der Waals surface area (Å²) in [6.07, 6.45) is 1.66. The summed E-state index contributed by atoms with van der Waals surface area (Å²) in [6, 6.07) is 9.99. The predicted molar refractivity (Wildman–Crippen MR) is 139 cm³/mol. The topological polar surface area (TPSA) is 84.3 Å². The number of likely N-dealkylation sites (tertiary alicyclic amines) is 1. The average Bonchev–Trinajstić information content (AvgIpc) is 3.27. The third-order valence-corrected chi connectivity index (χ3v) is 6.63. The van der Waals surface area contributed by atoms with E-state index in [1.54, 1.807) is 35.4 Å². The summed E-state index contributed by atoms with van der Waals surface area (Å²) in [5.74, 6) is -0.230. The fourth-order valence-electron chi connectivity index (χ4n) is 4.53. The van der Waals surface area contributed by atoms with E-state index in [-0.39, 0.29) is 17.5 Å². The van der Waals surface area contributed by atoms with E-state index < -0.39 is 17.8 Å². The van der Waals surface area contributed by atoms with Crippen LogP contribution in [-0.4, -0.2) is 51.9 Å². The maximum atomic E-state index is 13.8. The van der Waals surface area contributed by atoms with Crippen LogP contribution >= 0.6 is 0 Å². The number of benzene rings is 2. The number of piperidine rings is 1. The Hall–Kier alpha value is -4.12. The molecule has 2 aromatic carbocycles. The Bertz CT molecular complexity index is 1440. The van der Waals surface area contributed by atoms with Gasteiger partial charge >= 0.3 is 12.2 Å². The van der Waals surface area contributed by atoms with Crippen LogP contribution in [0.1, 0.15) is 18.4 Å². The molecular formula is C27H27F3N6O2. The maximum Gasteiger partial charge on any atom is 0.420 e. The summed E-state index contributed by atoms with van der Waals surface area (Å²) >= 11 is 0. The molecule has 198 valence electrons. The van der Waals surface area contributed by atoms with Crippen molar-refractivity contribution in [1.29, 1.82) is 0 Å². The highest BCUT2D eigenvalue weighted by Crippen LogP contribution is 2.39. The molecule has 2 aromatic heterocycles. The van der Waals surface area contributed by atoms with E-state index in [0.29, 0.717) is 18.5 Å². The molecular weight excluding hydrogens is 497 g/mol. The van der Waals surface area contributed by atoms with E-state index in [1.165, 1.54) is 12.1 Å². The van der Waals surface area contributed by atoms with Gasteiger partial charge in [0.2, 0.25) is 0 Å². The lowest BCUT2D eigenvalue weighted by molar-refractivity contribution is -0.139. The molecule has 1 saturated heterocycles. The highest BCUT2D eigenvalue weighted by atomic mass is 19.4. The van der Waals surface area contributed by atoms with Gasteiger partial charge in [0, 0.05) is 48.7 Å². The normalized spacial score (nSPS) is 15.0. The number of pyridine rings is 1. The molecule has 38 heavy (non-hydrogen) atoms. The van der Waals surface area contributed by atoms with Gasteiger partial charge in [-0.3, -0.25) is 9.67 Å². The molecule has 2 amide bonds. The van der Waals surface area contributed by atoms with Crippen LogP contribution in [0.5, 0.6) is 5.75 Å². The fraction of sp³-hybridized carbons (Fsp3) is 0.296. The number of nitrogens with one attached hydrogen (secondary N) is 2. The van der Waals surface area contributed by atoms with Crippen molar-refractivity contribution in [1.82, 2.24) is 19.7 Å². The Morgan fingerprint density at radius 1 is 0.974 bits per heavy atom. The quantitative estimate of drug-likeness (QED) is 0.346. The average molecular weight is 525 g/mol. The second kappa shape index (κ2) is 10.3. The Morgan fingerprint density at radius 3 is 2.37 bits per heavy atom. The molecule has 0 saturated carbocycles. The molecule has 3 heterocycles. The zero-order valence-corrected chi connectivity index (χ0v) is 20.9. The summed E-state index contributed by atoms with van der Waals surface area (Å²) in [6.45, 7) is 1.53. The number of ether oxygens (including phenoxy) is 1. The first-order valence-electron chi connectivity index (χ1n) is 12.2. The molecule has 0 spiro atoms. The van der Waals surface area contributed by atoms with Crippen LogP contribution in [0.4, 0.5) is 29.3 Å². The van der Waals surface area contributed by atoms with Crippen molar-refractivity contribution in [3.63, 3.8) is 0 Å². The molecule has 1 aliphatic rings. The molecule has 0 atom stereocenters. The number of anilines is 2. The van der Waals surface area contributed by atoms with Crippen LogP contribution in [0.15, 0.2) is 61.1 Å². The van der Waals surface area contributed by atoms with Gasteiger partial charge in [-0.2, -0.15) is 18.3 Å². The van der Waals surface area contributed by atoms with Crippen molar-refractivity contribution >= 4 is 28.3 Å². The van der Waals surface area contributed by atoms with Crippen molar-refractivity contribution in [2.45, 2.75) is 25.1 Å². The van der Waals surface area contributed by atoms with E-state index >= 15 is 0 Å². The number of halogens is 3. The number of urea groups is 1. The molecule has 4 aromatic rings. The van der Waals surface area contributed by atoms with Crippen LogP contribution in [0.3, 0.4) is 0 Å². The Morgan fingerprint density at radius 2 is 1.66 bits per heavy atom. The van der Waals surface area contributed by atoms with E-state index in [2.05, 4.69) is 25.6 Å². The van der Waals surface area contributed by atoms with Crippen molar-refractivity contribution in [3.8, 4) is 16.9 Å². The number of aromatic nitrogens is 3. The van der Waals surface area contributed by atoms with E-state index in [0.717, 1.165) is 41.2 Å². The molecule has 1 aliphatic heterocycles. The van der Waals surface area contributed by atoms with Crippen LogP contribution in [0.25, 0.3) is 22.0 Å². The first-order chi connectivity index (χ1) is 18.2. The van der Waals surface area contributed by atoms with Gasteiger partial charge in [-0.05, 0) is 55.8 Å². The number of amides is 2. The van der Waals surface area contributed by atoms with Gasteiger partial charge in [-0.25, -0.2) is 4.79 Å². The van der Waals surface area contributed by atoms with Crippen molar-refractivity contribution in [2.24, 2.45) is 7.05 Å². The summed E-state index contributed by atoms with van der Waals surface area (Å²) in [7, 11) is 3.81. The zero-order chi connectivity index (χ0) is 26.9. The third kappa shape index (κ3) is 5.57. The summed E-state index contributed by atoms with van der Waals surface area (Å²) < 4.78 is 48.8. The lowest BCUT2D eigenvalue weighted by Crippen LogP contribution is -2.36. The third-order valence-electron chi connectivity index (χ3n) is 6.63. The number of rotatable bonds is 5. The van der Waals surface area contributed by atoms with Crippen LogP contribution in [-0.2, 0) is 13.2 Å². The highest BCUT2D eigenvalue weighted by molar-refractivity contribution is 6.00. The molecule has 1 fully saturated rings. The Kier molecular flexibility index (Phi) is 6.94. The number of aryl methyl sites for hydroxylation is 1. The van der Waals surface area contributed by atoms with Crippen LogP contribution < -0.4 is 15.4 Å². The minimum atomic E-state index is -4.63. The fourth-order valence-corrected chi connectivity index (χ4v) is 4.53. The zero-order valence-electron chi connectivity index (χ0n) is 20.9. The van der Waals surface area contributed by atoms with Crippen molar-refractivity contribution in [2.75, 3.05) is 30.8 Å². The van der Waals surface area contributed by atoms with Crippen molar-refractivity contribution in [3.05, 3.63) is 66.6 Å². The van der Waals surface area contributed by atoms with Crippen molar-refractivity contribution < 1.29 is 22.7 Å². The van der Waals surface area contributed by atoms with Gasteiger partial charge < -0.3 is 20.3 Å². The number of hydrogen-bond acceptors (Lipinski definition) is 5. The summed E-state index contributed by atoms with van der Waals surface area (Å²) in [5, 5.41) is 10.4. The number of carbonyl (C=O) groups is 1. The summed E-state index contributed by atoms with van der Waals surface area (Å²) in [4.78, 5) is 18.9. The molecule has 5 rings (SSSR count). The molecule has 0 radical (unpaired) electrons. The van der Waals surface area contributed by atoms with Gasteiger partial charge in [0.05, 0.1) is 23.5 Å². The van der Waals surface area contributed by atoms with E-state index in [4.69, 9.17) is 4.74 Å². The SMILES string of the molecule is CN1CCC(Oc2ccc(NC(=O)Nc3ccc(-c4cncc5c4cnn5C)cc3)cc2C(F)(F)F)CC1. The lowest BCUT2D eigenvalue weighted by atomic mass is 10.0. The minimum absolute atomic E-state index is 0.0107. The van der Waals surface area contributed by atoms with Gasteiger partial charge in [0.15, 0.2) is 0 Å². The molecule has 2 N–H and O–H groups in total. The Balaban J connectivity index is 1.26. The maximum absolute atomic E-state index is 13.8. The number of carbonyl (C=O) groups excluding carboxylic acids is 1. The molecule has 0 bridgehead atoms. The summed E-state index contributed by atoms with van der Waals surface area (Å²) in [5.41, 5.74) is 2.25. The van der Waals surface area contributed by atoms with Gasteiger partial charge in [0.1, 0.15) is 11.9 Å². The standard InChI is InChI=1S/C27H27F3N6O2/c1-35-11-9-20(10-12-35)38-25-8-7-19(13-23(25)27(28,29)30)34-26(37)33-18-5-3-17(4-6-18)21-14-31-16-24-22(21)15-32-36(24)2/h3-8,13-16,20H,9-12H2,1-2H3,(H2,33,34,37). The second-order valence-electron chi connectivity index (χ2n) is 9.37. The number of alkyl halides is 3. The van der Waals surface area contributed by atoms with E-state index in [9.17, 15) is 18.0 Å². The van der Waals surface area contributed by atoms with Gasteiger partial charge in [0.25, 0.3) is 0 Å². The smallest absolute Gasteiger partial charge is 0.420 e. The van der Waals surface area contributed by atoms with E-state index in [1.807, 2.05) is 26.2 Å². The minimum Gasteiger partial charge on any atom is -0.490 e. The first kappa shape index (κ1) is 25.5. The molecule has 0 unspecified atom stereocenters.